The Bertz CT molecular complexity index is 227. The molecule has 0 spiro atoms. The Labute approximate surface area is 144 Å². The first-order valence-corrected chi connectivity index (χ1v) is 10.8. The van der Waals surface area contributed by atoms with E-state index in [0.29, 0.717) is 6.42 Å². The molecule has 0 bridgehead atoms. The quantitative estimate of drug-likeness (QED) is 0.227. The molecule has 0 radical (unpaired) electrons. The van der Waals surface area contributed by atoms with Crippen LogP contribution in [0.4, 0.5) is 0 Å². The van der Waals surface area contributed by atoms with Gasteiger partial charge in [-0.2, -0.15) is 0 Å². The molecule has 0 saturated heterocycles. The van der Waals surface area contributed by atoms with E-state index in [1.807, 2.05) is 0 Å². The van der Waals surface area contributed by atoms with Crippen molar-refractivity contribution in [1.29, 1.82) is 0 Å². The Hall–Kier alpha value is 0.270. The molecule has 1 unspecified atom stereocenters. The zero-order chi connectivity index (χ0) is 17.2. The molecule has 23 heavy (non-hydrogen) atoms. The first-order valence-electron chi connectivity index (χ1n) is 9.65. The lowest BCUT2D eigenvalue weighted by atomic mass is 10.0. The lowest BCUT2D eigenvalue weighted by molar-refractivity contribution is 0.0898. The molecule has 0 amide bonds. The molecule has 0 aromatic heterocycles. The van der Waals surface area contributed by atoms with E-state index in [-0.39, 0.29) is 6.61 Å². The van der Waals surface area contributed by atoms with E-state index >= 15 is 0 Å². The molecule has 0 aliphatic carbocycles. The summed E-state index contributed by atoms with van der Waals surface area (Å²) in [5, 5.41) is 9.55. The van der Waals surface area contributed by atoms with Crippen LogP contribution in [0.5, 0.6) is 0 Å². The van der Waals surface area contributed by atoms with Crippen molar-refractivity contribution >= 4 is 8.60 Å². The molecule has 140 valence electrons. The molecule has 0 rings (SSSR count). The second kappa shape index (κ2) is 18.6. The summed E-state index contributed by atoms with van der Waals surface area (Å²) in [5.41, 5.74) is 0. The minimum absolute atomic E-state index is 0.0249. The summed E-state index contributed by atoms with van der Waals surface area (Å²) in [6.07, 6.45) is 18.6. The van der Waals surface area contributed by atoms with Crippen LogP contribution in [0.15, 0.2) is 0 Å². The summed E-state index contributed by atoms with van der Waals surface area (Å²) in [6, 6.07) is 0. The van der Waals surface area contributed by atoms with Crippen molar-refractivity contribution in [3.05, 3.63) is 0 Å². The molecule has 0 fully saturated rings. The molecule has 0 heterocycles. The van der Waals surface area contributed by atoms with Crippen molar-refractivity contribution in [3.8, 4) is 0 Å². The molecule has 0 aliphatic rings. The number of aliphatic hydroxyl groups is 1. The minimum atomic E-state index is -2.33. The van der Waals surface area contributed by atoms with Crippen molar-refractivity contribution < 1.29 is 19.4 Å². The van der Waals surface area contributed by atoms with Crippen LogP contribution in [0.25, 0.3) is 0 Å². The van der Waals surface area contributed by atoms with Crippen molar-refractivity contribution in [1.82, 2.24) is 0 Å². The van der Waals surface area contributed by atoms with Gasteiger partial charge in [0.15, 0.2) is 0 Å². The lowest BCUT2D eigenvalue weighted by Crippen LogP contribution is -2.13. The maximum atomic E-state index is 9.55. The topological polar surface area (TPSA) is 69.9 Å². The first-order chi connectivity index (χ1) is 11.2. The van der Waals surface area contributed by atoms with Crippen molar-refractivity contribution in [2.45, 2.75) is 109 Å². The largest absolute Gasteiger partial charge is 0.391 e. The monoisotopic (exact) mass is 350 g/mol. The molecule has 3 N–H and O–H groups in total. The van der Waals surface area contributed by atoms with Crippen LogP contribution in [0, 0.1) is 0 Å². The summed E-state index contributed by atoms with van der Waals surface area (Å²) in [4.78, 5) is 17.2. The summed E-state index contributed by atoms with van der Waals surface area (Å²) >= 11 is 0. The standard InChI is InChI=1S/C18H39O4P/c1-2-3-4-5-6-7-8-9-10-11-12-13-14-15-16-18(19)17-22-23(20)21/h18-21H,2-17H2,1H3. The van der Waals surface area contributed by atoms with Gasteiger partial charge in [0.2, 0.25) is 0 Å². The van der Waals surface area contributed by atoms with Crippen LogP contribution in [0.2, 0.25) is 0 Å². The number of hydrogen-bond acceptors (Lipinski definition) is 4. The molecule has 0 aromatic rings. The molecular formula is C18H39O4P. The van der Waals surface area contributed by atoms with Gasteiger partial charge in [0.1, 0.15) is 0 Å². The summed E-state index contributed by atoms with van der Waals surface area (Å²) < 4.78 is 4.60. The third kappa shape index (κ3) is 20.2. The van der Waals surface area contributed by atoms with Crippen molar-refractivity contribution in [2.75, 3.05) is 6.61 Å². The number of aliphatic hydroxyl groups excluding tert-OH is 1. The summed E-state index contributed by atoms with van der Waals surface area (Å²) in [5.74, 6) is 0. The van der Waals surface area contributed by atoms with E-state index in [1.54, 1.807) is 0 Å². The molecule has 4 nitrogen and oxygen atoms in total. The van der Waals surface area contributed by atoms with Gasteiger partial charge in [-0.15, -0.1) is 0 Å². The third-order valence-electron chi connectivity index (χ3n) is 4.27. The zero-order valence-corrected chi connectivity index (χ0v) is 16.0. The predicted molar refractivity (Wildman–Crippen MR) is 98.2 cm³/mol. The Balaban J connectivity index is 3.07. The van der Waals surface area contributed by atoms with Crippen LogP contribution in [0.3, 0.4) is 0 Å². The number of rotatable bonds is 18. The van der Waals surface area contributed by atoms with Gasteiger partial charge in [-0.25, -0.2) is 0 Å². The van der Waals surface area contributed by atoms with Gasteiger partial charge in [-0.05, 0) is 6.42 Å². The third-order valence-corrected chi connectivity index (χ3v) is 4.65. The first kappa shape index (κ1) is 23.3. The predicted octanol–water partition coefficient (Wildman–Crippen LogP) is 5.45. The molecule has 1 atom stereocenters. The fraction of sp³-hybridized carbons (Fsp3) is 1.00. The maximum absolute atomic E-state index is 9.55. The van der Waals surface area contributed by atoms with Crippen LogP contribution in [0.1, 0.15) is 103 Å². The van der Waals surface area contributed by atoms with Crippen molar-refractivity contribution in [2.24, 2.45) is 0 Å². The smallest absolute Gasteiger partial charge is 0.327 e. The van der Waals surface area contributed by atoms with E-state index in [0.717, 1.165) is 12.8 Å². The minimum Gasteiger partial charge on any atom is -0.391 e. The van der Waals surface area contributed by atoms with Gasteiger partial charge in [-0.3, -0.25) is 0 Å². The van der Waals surface area contributed by atoms with E-state index in [1.165, 1.54) is 77.0 Å². The Morgan fingerprint density at radius 3 is 1.48 bits per heavy atom. The van der Waals surface area contributed by atoms with Crippen LogP contribution < -0.4 is 0 Å². The fourth-order valence-corrected chi connectivity index (χ4v) is 3.12. The van der Waals surface area contributed by atoms with Gasteiger partial charge in [-0.1, -0.05) is 96.8 Å². The SMILES string of the molecule is CCCCCCCCCCCCCCCCC(O)COP(O)O. The molecular weight excluding hydrogens is 311 g/mol. The Morgan fingerprint density at radius 1 is 0.696 bits per heavy atom. The van der Waals surface area contributed by atoms with E-state index < -0.39 is 14.7 Å². The highest BCUT2D eigenvalue weighted by atomic mass is 31.2. The van der Waals surface area contributed by atoms with Crippen LogP contribution >= 0.6 is 8.60 Å². The molecule has 0 aromatic carbocycles. The highest BCUT2D eigenvalue weighted by Crippen LogP contribution is 2.24. The Morgan fingerprint density at radius 2 is 1.09 bits per heavy atom. The van der Waals surface area contributed by atoms with Crippen molar-refractivity contribution in [3.63, 3.8) is 0 Å². The average Bonchev–Trinajstić information content (AvgIpc) is 2.53. The van der Waals surface area contributed by atoms with Gasteiger partial charge in [0.25, 0.3) is 0 Å². The van der Waals surface area contributed by atoms with Gasteiger partial charge >= 0.3 is 8.60 Å². The average molecular weight is 350 g/mol. The highest BCUT2D eigenvalue weighted by molar-refractivity contribution is 7.39. The normalized spacial score (nSPS) is 12.9. The van der Waals surface area contributed by atoms with E-state index in [2.05, 4.69) is 11.4 Å². The Kier molecular flexibility index (Phi) is 18.8. The van der Waals surface area contributed by atoms with Gasteiger partial charge < -0.3 is 19.4 Å². The lowest BCUT2D eigenvalue weighted by Gasteiger charge is -2.10. The van der Waals surface area contributed by atoms with E-state index in [4.69, 9.17) is 9.79 Å². The zero-order valence-electron chi connectivity index (χ0n) is 15.1. The highest BCUT2D eigenvalue weighted by Gasteiger charge is 2.07. The molecule has 0 aliphatic heterocycles. The van der Waals surface area contributed by atoms with Crippen LogP contribution in [-0.2, 0) is 4.52 Å². The summed E-state index contributed by atoms with van der Waals surface area (Å²) in [7, 11) is -2.33. The number of unbranched alkanes of at least 4 members (excludes halogenated alkanes) is 13. The van der Waals surface area contributed by atoms with Gasteiger partial charge in [0, 0.05) is 0 Å². The van der Waals surface area contributed by atoms with Gasteiger partial charge in [0.05, 0.1) is 12.7 Å². The molecule has 5 heteroatoms. The second-order valence-electron chi connectivity index (χ2n) is 6.59. The molecule has 0 saturated carbocycles. The maximum Gasteiger partial charge on any atom is 0.327 e. The fourth-order valence-electron chi connectivity index (χ4n) is 2.81. The number of hydrogen-bond donors (Lipinski definition) is 3. The van der Waals surface area contributed by atoms with E-state index in [9.17, 15) is 5.11 Å². The van der Waals surface area contributed by atoms with Crippen LogP contribution in [-0.4, -0.2) is 27.6 Å². The second-order valence-corrected chi connectivity index (χ2v) is 7.35. The summed E-state index contributed by atoms with van der Waals surface area (Å²) in [6.45, 7) is 2.29.